The van der Waals surface area contributed by atoms with Gasteiger partial charge in [0.2, 0.25) is 0 Å². The molecular weight excluding hydrogens is 316 g/mol. The molecule has 1 heterocycles. The number of benzene rings is 1. The van der Waals surface area contributed by atoms with E-state index in [9.17, 15) is 13.2 Å². The molecule has 21 heavy (non-hydrogen) atoms. The molecule has 0 unspecified atom stereocenters. The Bertz CT molecular complexity index is 806. The highest BCUT2D eigenvalue weighted by Crippen LogP contribution is 2.21. The van der Waals surface area contributed by atoms with Gasteiger partial charge in [-0.05, 0) is 30.7 Å². The first-order valence-corrected chi connectivity index (χ1v) is 7.64. The number of carboxylic acid groups (broad SMARTS) is 1. The Morgan fingerprint density at radius 3 is 2.62 bits per heavy atom. The summed E-state index contributed by atoms with van der Waals surface area (Å²) in [5.74, 6) is -1.14. The number of rotatable bonds is 4. The first-order chi connectivity index (χ1) is 9.79. The summed E-state index contributed by atoms with van der Waals surface area (Å²) < 4.78 is 26.9. The van der Waals surface area contributed by atoms with E-state index in [2.05, 4.69) is 9.71 Å². The van der Waals surface area contributed by atoms with Crippen LogP contribution in [0.15, 0.2) is 41.4 Å². The molecule has 0 radical (unpaired) electrons. The highest BCUT2D eigenvalue weighted by atomic mass is 35.5. The fourth-order valence-corrected chi connectivity index (χ4v) is 3.11. The van der Waals surface area contributed by atoms with E-state index in [-0.39, 0.29) is 16.3 Å². The van der Waals surface area contributed by atoms with Crippen LogP contribution in [-0.2, 0) is 10.0 Å². The van der Waals surface area contributed by atoms with Gasteiger partial charge in [-0.15, -0.1) is 0 Å². The van der Waals surface area contributed by atoms with Gasteiger partial charge in [-0.2, -0.15) is 0 Å². The minimum Gasteiger partial charge on any atom is -0.478 e. The number of nitrogens with one attached hydrogen (secondary N) is 1. The SMILES string of the molecule is Cc1ccc(C(=O)O)cc1S(=O)(=O)Nc1cc(Cl)ccn1. The first kappa shape index (κ1) is 15.3. The number of hydrogen-bond donors (Lipinski definition) is 2. The van der Waals surface area contributed by atoms with Crippen LogP contribution < -0.4 is 4.72 Å². The minimum absolute atomic E-state index is 0.0580. The summed E-state index contributed by atoms with van der Waals surface area (Å²) in [4.78, 5) is 14.7. The maximum absolute atomic E-state index is 12.3. The number of sulfonamides is 1. The van der Waals surface area contributed by atoms with Crippen molar-refractivity contribution in [3.63, 3.8) is 0 Å². The summed E-state index contributed by atoms with van der Waals surface area (Å²) in [6, 6.07) is 6.74. The second-order valence-electron chi connectivity index (χ2n) is 4.25. The Labute approximate surface area is 126 Å². The van der Waals surface area contributed by atoms with E-state index in [0.717, 1.165) is 6.07 Å². The highest BCUT2D eigenvalue weighted by Gasteiger charge is 2.19. The third-order valence-electron chi connectivity index (χ3n) is 2.69. The Kier molecular flexibility index (Phi) is 4.15. The van der Waals surface area contributed by atoms with Crippen molar-refractivity contribution < 1.29 is 18.3 Å². The molecular formula is C13H11ClN2O4S. The molecule has 0 bridgehead atoms. The summed E-state index contributed by atoms with van der Waals surface area (Å²) in [7, 11) is -3.95. The average Bonchev–Trinajstić information content (AvgIpc) is 2.38. The lowest BCUT2D eigenvalue weighted by Crippen LogP contribution is -2.16. The molecule has 0 aliphatic rings. The van der Waals surface area contributed by atoms with Crippen LogP contribution in [0.4, 0.5) is 5.82 Å². The number of aryl methyl sites for hydroxylation is 1. The molecule has 8 heteroatoms. The molecule has 1 aromatic carbocycles. The number of anilines is 1. The van der Waals surface area contributed by atoms with E-state index in [0.29, 0.717) is 10.6 Å². The average molecular weight is 327 g/mol. The number of aromatic nitrogens is 1. The van der Waals surface area contributed by atoms with E-state index in [1.54, 1.807) is 6.92 Å². The summed E-state index contributed by atoms with van der Waals surface area (Å²) in [6.07, 6.45) is 1.36. The van der Waals surface area contributed by atoms with Gasteiger partial charge < -0.3 is 5.11 Å². The third kappa shape index (κ3) is 3.50. The van der Waals surface area contributed by atoms with E-state index in [1.807, 2.05) is 0 Å². The fourth-order valence-electron chi connectivity index (χ4n) is 1.68. The van der Waals surface area contributed by atoms with Crippen molar-refractivity contribution in [2.24, 2.45) is 0 Å². The van der Waals surface area contributed by atoms with Gasteiger partial charge in [0.05, 0.1) is 10.5 Å². The Hall–Kier alpha value is -2.12. The second-order valence-corrected chi connectivity index (χ2v) is 6.34. The van der Waals surface area contributed by atoms with E-state index in [1.165, 1.54) is 30.5 Å². The monoisotopic (exact) mass is 326 g/mol. The van der Waals surface area contributed by atoms with E-state index >= 15 is 0 Å². The van der Waals surface area contributed by atoms with Crippen LogP contribution in [0, 0.1) is 6.92 Å². The Balaban J connectivity index is 2.44. The minimum atomic E-state index is -3.95. The van der Waals surface area contributed by atoms with Gasteiger partial charge in [0.1, 0.15) is 5.82 Å². The molecule has 0 atom stereocenters. The van der Waals surface area contributed by atoms with Gasteiger partial charge in [-0.25, -0.2) is 18.2 Å². The lowest BCUT2D eigenvalue weighted by molar-refractivity contribution is 0.0696. The van der Waals surface area contributed by atoms with Crippen LogP contribution in [0.1, 0.15) is 15.9 Å². The summed E-state index contributed by atoms with van der Waals surface area (Å²) in [5.41, 5.74) is 0.314. The number of hydrogen-bond acceptors (Lipinski definition) is 4. The van der Waals surface area contributed by atoms with Gasteiger partial charge in [0.25, 0.3) is 10.0 Å². The van der Waals surface area contributed by atoms with Crippen molar-refractivity contribution in [3.05, 3.63) is 52.7 Å². The standard InChI is InChI=1S/C13H11ClN2O4S/c1-8-2-3-9(13(17)18)6-11(8)21(19,20)16-12-7-10(14)4-5-15-12/h2-7H,1H3,(H,15,16)(H,17,18). The highest BCUT2D eigenvalue weighted by molar-refractivity contribution is 7.92. The van der Waals surface area contributed by atoms with Gasteiger partial charge >= 0.3 is 5.97 Å². The maximum atomic E-state index is 12.3. The molecule has 0 fully saturated rings. The van der Waals surface area contributed by atoms with Crippen LogP contribution in [0.3, 0.4) is 0 Å². The molecule has 0 saturated carbocycles. The second kappa shape index (κ2) is 5.71. The Morgan fingerprint density at radius 2 is 2.00 bits per heavy atom. The normalized spacial score (nSPS) is 11.1. The smallest absolute Gasteiger partial charge is 0.335 e. The van der Waals surface area contributed by atoms with Crippen molar-refractivity contribution in [1.29, 1.82) is 0 Å². The molecule has 1 aromatic heterocycles. The van der Waals surface area contributed by atoms with Crippen molar-refractivity contribution in [3.8, 4) is 0 Å². The molecule has 0 aliphatic carbocycles. The zero-order valence-corrected chi connectivity index (χ0v) is 12.4. The van der Waals surface area contributed by atoms with Crippen LogP contribution >= 0.6 is 11.6 Å². The topological polar surface area (TPSA) is 96.4 Å². The lowest BCUT2D eigenvalue weighted by atomic mass is 10.1. The number of carbonyl (C=O) groups is 1. The third-order valence-corrected chi connectivity index (χ3v) is 4.42. The lowest BCUT2D eigenvalue weighted by Gasteiger charge is -2.10. The summed E-state index contributed by atoms with van der Waals surface area (Å²) in [6.45, 7) is 1.57. The molecule has 2 rings (SSSR count). The predicted molar refractivity (Wildman–Crippen MR) is 78.2 cm³/mol. The molecule has 0 aliphatic heterocycles. The molecule has 110 valence electrons. The largest absolute Gasteiger partial charge is 0.478 e. The zero-order chi connectivity index (χ0) is 15.6. The predicted octanol–water partition coefficient (Wildman–Crippen LogP) is 2.54. The fraction of sp³-hybridized carbons (Fsp3) is 0.0769. The van der Waals surface area contributed by atoms with E-state index < -0.39 is 16.0 Å². The van der Waals surface area contributed by atoms with Crippen LogP contribution in [0.2, 0.25) is 5.02 Å². The molecule has 2 aromatic rings. The van der Waals surface area contributed by atoms with Gasteiger partial charge in [0.15, 0.2) is 0 Å². The van der Waals surface area contributed by atoms with Crippen molar-refractivity contribution >= 4 is 33.4 Å². The van der Waals surface area contributed by atoms with Crippen LogP contribution in [0.5, 0.6) is 0 Å². The van der Waals surface area contributed by atoms with E-state index in [4.69, 9.17) is 16.7 Å². The van der Waals surface area contributed by atoms with Crippen LogP contribution in [-0.4, -0.2) is 24.5 Å². The first-order valence-electron chi connectivity index (χ1n) is 5.78. The summed E-state index contributed by atoms with van der Waals surface area (Å²) in [5, 5.41) is 9.28. The number of carboxylic acids is 1. The molecule has 0 amide bonds. The number of aromatic carboxylic acids is 1. The molecule has 6 nitrogen and oxygen atoms in total. The maximum Gasteiger partial charge on any atom is 0.335 e. The quantitative estimate of drug-likeness (QED) is 0.900. The van der Waals surface area contributed by atoms with Gasteiger partial charge in [-0.3, -0.25) is 4.72 Å². The molecule has 0 saturated heterocycles. The molecule has 0 spiro atoms. The van der Waals surface area contributed by atoms with Crippen molar-refractivity contribution in [2.45, 2.75) is 11.8 Å². The zero-order valence-electron chi connectivity index (χ0n) is 10.9. The van der Waals surface area contributed by atoms with Crippen molar-refractivity contribution in [2.75, 3.05) is 4.72 Å². The van der Waals surface area contributed by atoms with Crippen molar-refractivity contribution in [1.82, 2.24) is 4.98 Å². The van der Waals surface area contributed by atoms with Gasteiger partial charge in [-0.1, -0.05) is 17.7 Å². The van der Waals surface area contributed by atoms with Gasteiger partial charge in [0, 0.05) is 17.3 Å². The number of nitrogens with zero attached hydrogens (tertiary/aromatic N) is 1. The summed E-state index contributed by atoms with van der Waals surface area (Å²) >= 11 is 5.77. The molecule has 2 N–H and O–H groups in total. The van der Waals surface area contributed by atoms with Crippen LogP contribution in [0.25, 0.3) is 0 Å². The number of pyridine rings is 1. The Morgan fingerprint density at radius 1 is 1.29 bits per heavy atom. The number of halogens is 1.